The number of non-ortho nitro benzene ring substituents is 1. The maximum Gasteiger partial charge on any atom is 0.357 e. The number of nitro benzene ring substituents is 1. The molecule has 166 valence electrons. The number of benzene rings is 3. The van der Waals surface area contributed by atoms with Gasteiger partial charge in [0.15, 0.2) is 0 Å². The van der Waals surface area contributed by atoms with Gasteiger partial charge in [0.1, 0.15) is 4.90 Å². The third-order valence-corrected chi connectivity index (χ3v) is 6.08. The normalized spacial score (nSPS) is 11.7. The summed E-state index contributed by atoms with van der Waals surface area (Å²) in [6, 6.07) is 20.8. The van der Waals surface area contributed by atoms with E-state index in [4.69, 9.17) is 4.28 Å². The van der Waals surface area contributed by atoms with Crippen molar-refractivity contribution in [2.24, 2.45) is 0 Å². The van der Waals surface area contributed by atoms with E-state index in [1.54, 1.807) is 25.1 Å². The Kier molecular flexibility index (Phi) is 5.80. The SMILES string of the molecule is Cc1cc(/C=C/c2cccc3ccccc23)n(OS(=O)(=O)c2cccc([N+](=O)[O-])c2)c(=O)c1. The van der Waals surface area contributed by atoms with E-state index in [0.717, 1.165) is 34.5 Å². The highest BCUT2D eigenvalue weighted by Crippen LogP contribution is 2.21. The van der Waals surface area contributed by atoms with Crippen LogP contribution in [0.1, 0.15) is 16.8 Å². The number of hydrogen-bond acceptors (Lipinski definition) is 6. The predicted molar refractivity (Wildman–Crippen MR) is 125 cm³/mol. The molecule has 0 aliphatic rings. The lowest BCUT2D eigenvalue weighted by molar-refractivity contribution is -0.385. The van der Waals surface area contributed by atoms with Gasteiger partial charge in [0.2, 0.25) is 0 Å². The van der Waals surface area contributed by atoms with Crippen molar-refractivity contribution in [3.63, 3.8) is 0 Å². The Morgan fingerprint density at radius 1 is 0.939 bits per heavy atom. The highest BCUT2D eigenvalue weighted by Gasteiger charge is 2.22. The summed E-state index contributed by atoms with van der Waals surface area (Å²) in [7, 11) is -4.52. The quantitative estimate of drug-likeness (QED) is 0.314. The number of aryl methyl sites for hydroxylation is 1. The molecule has 0 aliphatic carbocycles. The highest BCUT2D eigenvalue weighted by molar-refractivity contribution is 7.87. The van der Waals surface area contributed by atoms with Crippen LogP contribution in [0.4, 0.5) is 5.69 Å². The fourth-order valence-electron chi connectivity index (χ4n) is 3.37. The fraction of sp³-hybridized carbons (Fsp3) is 0.0417. The lowest BCUT2D eigenvalue weighted by Gasteiger charge is -2.12. The van der Waals surface area contributed by atoms with E-state index < -0.39 is 31.2 Å². The van der Waals surface area contributed by atoms with Crippen molar-refractivity contribution in [3.8, 4) is 0 Å². The molecule has 9 heteroatoms. The van der Waals surface area contributed by atoms with Crippen LogP contribution in [0.15, 0.2) is 88.6 Å². The molecule has 4 aromatic rings. The summed E-state index contributed by atoms with van der Waals surface area (Å²) in [5.74, 6) is 0. The first-order valence-corrected chi connectivity index (χ1v) is 11.2. The largest absolute Gasteiger partial charge is 0.357 e. The third kappa shape index (κ3) is 4.68. The summed E-state index contributed by atoms with van der Waals surface area (Å²) >= 11 is 0. The van der Waals surface area contributed by atoms with Crippen LogP contribution in [0, 0.1) is 17.0 Å². The van der Waals surface area contributed by atoms with E-state index in [0.29, 0.717) is 10.3 Å². The van der Waals surface area contributed by atoms with Crippen molar-refractivity contribution < 1.29 is 17.6 Å². The summed E-state index contributed by atoms with van der Waals surface area (Å²) in [5.41, 5.74) is 0.579. The molecule has 0 spiro atoms. The van der Waals surface area contributed by atoms with E-state index in [9.17, 15) is 23.3 Å². The molecule has 0 fully saturated rings. The summed E-state index contributed by atoms with van der Waals surface area (Å²) in [6.07, 6.45) is 3.34. The third-order valence-electron chi connectivity index (χ3n) is 4.91. The summed E-state index contributed by atoms with van der Waals surface area (Å²) in [6.45, 7) is 1.70. The Hall–Kier alpha value is -4.24. The van der Waals surface area contributed by atoms with E-state index >= 15 is 0 Å². The number of nitrogens with zero attached hydrogens (tertiary/aromatic N) is 2. The Labute approximate surface area is 189 Å². The zero-order valence-electron chi connectivity index (χ0n) is 17.4. The first kappa shape index (κ1) is 22.0. The summed E-state index contributed by atoms with van der Waals surface area (Å²) in [4.78, 5) is 22.5. The van der Waals surface area contributed by atoms with Crippen LogP contribution in [-0.4, -0.2) is 18.1 Å². The van der Waals surface area contributed by atoms with Crippen LogP contribution in [0.5, 0.6) is 0 Å². The average molecular weight is 462 g/mol. The smallest absolute Gasteiger partial charge is 0.280 e. The number of aromatic nitrogens is 1. The minimum atomic E-state index is -4.52. The molecule has 0 atom stereocenters. The van der Waals surface area contributed by atoms with Gasteiger partial charge in [-0.3, -0.25) is 19.2 Å². The summed E-state index contributed by atoms with van der Waals surface area (Å²) in [5, 5.41) is 13.0. The predicted octanol–water partition coefficient (Wildman–Crippen LogP) is 4.21. The van der Waals surface area contributed by atoms with E-state index in [-0.39, 0.29) is 5.69 Å². The van der Waals surface area contributed by atoms with Gasteiger partial charge >= 0.3 is 10.1 Å². The standard InChI is InChI=1S/C24H18N2O6S/c1-17-14-20(13-12-19-8-4-7-18-6-2-3-11-23(18)19)25(24(27)15-17)32-33(30,31)22-10-5-9-21(16-22)26(28)29/h2-16H,1H3/b13-12+. The highest BCUT2D eigenvalue weighted by atomic mass is 32.2. The molecule has 0 amide bonds. The zero-order valence-corrected chi connectivity index (χ0v) is 18.2. The summed E-state index contributed by atoms with van der Waals surface area (Å²) < 4.78 is 31.3. The van der Waals surface area contributed by atoms with Crippen LogP contribution in [0.25, 0.3) is 22.9 Å². The van der Waals surface area contributed by atoms with Crippen molar-refractivity contribution in [2.45, 2.75) is 11.8 Å². The maximum atomic E-state index is 12.8. The Bertz CT molecular complexity index is 1570. The van der Waals surface area contributed by atoms with Gasteiger partial charge in [0, 0.05) is 18.2 Å². The van der Waals surface area contributed by atoms with Gasteiger partial charge in [0.05, 0.1) is 10.6 Å². The van der Waals surface area contributed by atoms with Crippen molar-refractivity contribution in [2.75, 3.05) is 0 Å². The molecule has 8 nitrogen and oxygen atoms in total. The Balaban J connectivity index is 1.76. The second-order valence-electron chi connectivity index (χ2n) is 7.28. The molecule has 1 heterocycles. The van der Waals surface area contributed by atoms with Crippen LogP contribution in [0.3, 0.4) is 0 Å². The van der Waals surface area contributed by atoms with Gasteiger partial charge in [-0.25, -0.2) is 0 Å². The van der Waals surface area contributed by atoms with Gasteiger partial charge in [-0.1, -0.05) is 54.6 Å². The van der Waals surface area contributed by atoms with Gasteiger partial charge in [-0.2, -0.15) is 8.42 Å². The van der Waals surface area contributed by atoms with Gasteiger partial charge in [0.25, 0.3) is 11.2 Å². The maximum absolute atomic E-state index is 12.8. The number of hydrogen-bond donors (Lipinski definition) is 0. The first-order valence-electron chi connectivity index (χ1n) is 9.83. The Morgan fingerprint density at radius 3 is 2.45 bits per heavy atom. The number of fused-ring (bicyclic) bond motifs is 1. The van der Waals surface area contributed by atoms with Crippen molar-refractivity contribution in [1.82, 2.24) is 4.73 Å². The molecule has 3 aromatic carbocycles. The molecule has 0 N–H and O–H groups in total. The minimum Gasteiger partial charge on any atom is -0.280 e. The van der Waals surface area contributed by atoms with Crippen LogP contribution >= 0.6 is 0 Å². The van der Waals surface area contributed by atoms with Crippen LogP contribution in [-0.2, 0) is 10.1 Å². The monoisotopic (exact) mass is 462 g/mol. The molecule has 0 saturated heterocycles. The van der Waals surface area contributed by atoms with Gasteiger partial charge in [-0.05, 0) is 47.0 Å². The topological polar surface area (TPSA) is 109 Å². The zero-order chi connectivity index (χ0) is 23.6. The van der Waals surface area contributed by atoms with Crippen molar-refractivity contribution >= 4 is 38.7 Å². The number of nitro groups is 1. The Morgan fingerprint density at radius 2 is 1.67 bits per heavy atom. The number of rotatable bonds is 6. The molecule has 0 unspecified atom stereocenters. The van der Waals surface area contributed by atoms with Gasteiger partial charge < -0.3 is 0 Å². The number of pyridine rings is 1. The molecule has 0 aliphatic heterocycles. The lowest BCUT2D eigenvalue weighted by Crippen LogP contribution is -2.32. The second-order valence-corrected chi connectivity index (χ2v) is 8.80. The van der Waals surface area contributed by atoms with Gasteiger partial charge in [-0.15, -0.1) is 4.73 Å². The molecule has 0 radical (unpaired) electrons. The van der Waals surface area contributed by atoms with Crippen molar-refractivity contribution in [3.05, 3.63) is 116 Å². The molecule has 0 bridgehead atoms. The van der Waals surface area contributed by atoms with E-state index in [2.05, 4.69) is 0 Å². The molecule has 0 saturated carbocycles. The van der Waals surface area contributed by atoms with E-state index in [1.165, 1.54) is 12.1 Å². The molecular weight excluding hydrogens is 444 g/mol. The fourth-order valence-corrected chi connectivity index (χ4v) is 4.33. The molecule has 4 rings (SSSR count). The molecular formula is C24H18N2O6S. The molecule has 1 aromatic heterocycles. The average Bonchev–Trinajstić information content (AvgIpc) is 2.79. The lowest BCUT2D eigenvalue weighted by atomic mass is 10.0. The van der Waals surface area contributed by atoms with Crippen LogP contribution < -0.4 is 9.84 Å². The molecule has 33 heavy (non-hydrogen) atoms. The minimum absolute atomic E-state index is 0.196. The first-order chi connectivity index (χ1) is 15.7. The van der Waals surface area contributed by atoms with E-state index in [1.807, 2.05) is 42.5 Å². The van der Waals surface area contributed by atoms with Crippen molar-refractivity contribution in [1.29, 1.82) is 0 Å². The van der Waals surface area contributed by atoms with Crippen LogP contribution in [0.2, 0.25) is 0 Å². The second kappa shape index (κ2) is 8.71.